The van der Waals surface area contributed by atoms with Gasteiger partial charge in [-0.25, -0.2) is 4.79 Å². The Morgan fingerprint density at radius 3 is 2.44 bits per heavy atom. The summed E-state index contributed by atoms with van der Waals surface area (Å²) < 4.78 is 3.53. The SMILES string of the molecule is CC(N)CCCCn1ccn(C(C)C)c1=O. The second-order valence-corrected chi connectivity index (χ2v) is 4.75. The number of rotatable bonds is 6. The van der Waals surface area contributed by atoms with Crippen LogP contribution in [0.15, 0.2) is 17.2 Å². The Morgan fingerprint density at radius 2 is 1.94 bits per heavy atom. The van der Waals surface area contributed by atoms with E-state index in [1.807, 2.05) is 33.2 Å². The number of aromatic nitrogens is 2. The first-order chi connectivity index (χ1) is 7.52. The minimum atomic E-state index is 0.0933. The predicted octanol–water partition coefficient (Wildman–Crippen LogP) is 1.75. The van der Waals surface area contributed by atoms with Crippen molar-refractivity contribution < 1.29 is 0 Å². The molecule has 1 atom stereocenters. The van der Waals surface area contributed by atoms with E-state index >= 15 is 0 Å². The molecule has 0 bridgehead atoms. The summed E-state index contributed by atoms with van der Waals surface area (Å²) in [5.74, 6) is 0. The molecule has 1 aromatic heterocycles. The molecule has 0 amide bonds. The maximum absolute atomic E-state index is 11.8. The van der Waals surface area contributed by atoms with Gasteiger partial charge in [-0.15, -0.1) is 0 Å². The third-order valence-corrected chi connectivity index (χ3v) is 2.74. The second kappa shape index (κ2) is 5.89. The van der Waals surface area contributed by atoms with Gasteiger partial charge in [0.2, 0.25) is 0 Å². The molecule has 0 saturated carbocycles. The van der Waals surface area contributed by atoms with Gasteiger partial charge in [-0.2, -0.15) is 0 Å². The second-order valence-electron chi connectivity index (χ2n) is 4.75. The molecule has 1 rings (SSSR count). The average Bonchev–Trinajstić information content (AvgIpc) is 2.54. The van der Waals surface area contributed by atoms with E-state index in [2.05, 4.69) is 0 Å². The Kier molecular flexibility index (Phi) is 4.80. The minimum absolute atomic E-state index is 0.0933. The number of hydrogen-bond acceptors (Lipinski definition) is 2. The van der Waals surface area contributed by atoms with Crippen LogP contribution in [0.3, 0.4) is 0 Å². The van der Waals surface area contributed by atoms with Crippen LogP contribution in [0.4, 0.5) is 0 Å². The fourth-order valence-corrected chi connectivity index (χ4v) is 1.74. The van der Waals surface area contributed by atoms with E-state index in [9.17, 15) is 4.79 Å². The van der Waals surface area contributed by atoms with Crippen LogP contribution < -0.4 is 11.4 Å². The van der Waals surface area contributed by atoms with Crippen LogP contribution in [-0.2, 0) is 6.54 Å². The lowest BCUT2D eigenvalue weighted by Gasteiger charge is -2.06. The van der Waals surface area contributed by atoms with E-state index in [0.717, 1.165) is 25.8 Å². The molecule has 0 aliphatic heterocycles. The van der Waals surface area contributed by atoms with Gasteiger partial charge in [-0.05, 0) is 33.6 Å². The van der Waals surface area contributed by atoms with Gasteiger partial charge in [0, 0.05) is 31.0 Å². The molecule has 4 heteroatoms. The molecule has 0 aromatic carbocycles. The predicted molar refractivity (Wildman–Crippen MR) is 66.6 cm³/mol. The maximum Gasteiger partial charge on any atom is 0.328 e. The molecule has 1 unspecified atom stereocenters. The van der Waals surface area contributed by atoms with Crippen LogP contribution >= 0.6 is 0 Å². The van der Waals surface area contributed by atoms with Gasteiger partial charge in [0.15, 0.2) is 0 Å². The summed E-state index contributed by atoms with van der Waals surface area (Å²) in [6, 6.07) is 0.495. The third-order valence-electron chi connectivity index (χ3n) is 2.74. The van der Waals surface area contributed by atoms with Gasteiger partial charge in [-0.3, -0.25) is 9.13 Å². The molecule has 0 saturated heterocycles. The number of nitrogens with two attached hydrogens (primary N) is 1. The Balaban J connectivity index is 2.46. The fourth-order valence-electron chi connectivity index (χ4n) is 1.74. The molecule has 1 aromatic rings. The highest BCUT2D eigenvalue weighted by atomic mass is 16.1. The van der Waals surface area contributed by atoms with Crippen molar-refractivity contribution in [3.63, 3.8) is 0 Å². The van der Waals surface area contributed by atoms with Crippen molar-refractivity contribution in [3.05, 3.63) is 22.9 Å². The molecular weight excluding hydrogens is 202 g/mol. The summed E-state index contributed by atoms with van der Waals surface area (Å²) in [4.78, 5) is 11.8. The molecule has 16 heavy (non-hydrogen) atoms. The van der Waals surface area contributed by atoms with Gasteiger partial charge >= 0.3 is 5.69 Å². The van der Waals surface area contributed by atoms with Crippen LogP contribution in [0.5, 0.6) is 0 Å². The standard InChI is InChI=1S/C12H23N3O/c1-10(2)15-9-8-14(12(15)16)7-5-4-6-11(3)13/h8-11H,4-7,13H2,1-3H3. The quantitative estimate of drug-likeness (QED) is 0.750. The summed E-state index contributed by atoms with van der Waals surface area (Å²) in [5, 5.41) is 0. The summed E-state index contributed by atoms with van der Waals surface area (Å²) in [6.45, 7) is 6.84. The summed E-state index contributed by atoms with van der Waals surface area (Å²) in [6.07, 6.45) is 6.85. The van der Waals surface area contributed by atoms with E-state index < -0.39 is 0 Å². The van der Waals surface area contributed by atoms with Gasteiger partial charge in [0.1, 0.15) is 0 Å². The van der Waals surface area contributed by atoms with E-state index in [-0.39, 0.29) is 17.8 Å². The smallest absolute Gasteiger partial charge is 0.328 e. The van der Waals surface area contributed by atoms with Crippen LogP contribution in [-0.4, -0.2) is 15.2 Å². The highest BCUT2D eigenvalue weighted by Crippen LogP contribution is 2.02. The molecule has 0 spiro atoms. The lowest BCUT2D eigenvalue weighted by Crippen LogP contribution is -2.25. The van der Waals surface area contributed by atoms with Crippen molar-refractivity contribution >= 4 is 0 Å². The molecule has 0 fully saturated rings. The van der Waals surface area contributed by atoms with E-state index in [0.29, 0.717) is 0 Å². The first kappa shape index (κ1) is 13.0. The van der Waals surface area contributed by atoms with E-state index in [1.165, 1.54) is 0 Å². The molecule has 2 N–H and O–H groups in total. The molecule has 0 aliphatic rings. The van der Waals surface area contributed by atoms with Crippen molar-refractivity contribution in [2.45, 2.75) is 58.7 Å². The Morgan fingerprint density at radius 1 is 1.25 bits per heavy atom. The number of hydrogen-bond donors (Lipinski definition) is 1. The molecule has 4 nitrogen and oxygen atoms in total. The Labute approximate surface area is 97.1 Å². The van der Waals surface area contributed by atoms with Crippen LogP contribution in [0.25, 0.3) is 0 Å². The molecule has 0 radical (unpaired) electrons. The van der Waals surface area contributed by atoms with Crippen molar-refractivity contribution in [2.24, 2.45) is 5.73 Å². The summed E-state index contributed by atoms with van der Waals surface area (Å²) >= 11 is 0. The minimum Gasteiger partial charge on any atom is -0.328 e. The molecule has 1 heterocycles. The number of imidazole rings is 1. The van der Waals surface area contributed by atoms with Gasteiger partial charge in [0.05, 0.1) is 0 Å². The number of unbranched alkanes of at least 4 members (excludes halogenated alkanes) is 1. The molecule has 92 valence electrons. The van der Waals surface area contributed by atoms with Crippen molar-refractivity contribution in [2.75, 3.05) is 0 Å². The van der Waals surface area contributed by atoms with E-state index in [4.69, 9.17) is 5.73 Å². The summed E-state index contributed by atoms with van der Waals surface area (Å²) in [5.41, 5.74) is 5.77. The topological polar surface area (TPSA) is 52.9 Å². The molecule has 0 aliphatic carbocycles. The van der Waals surface area contributed by atoms with Gasteiger partial charge in [0.25, 0.3) is 0 Å². The van der Waals surface area contributed by atoms with Crippen molar-refractivity contribution in [1.82, 2.24) is 9.13 Å². The average molecular weight is 225 g/mol. The zero-order valence-electron chi connectivity index (χ0n) is 10.5. The first-order valence-corrected chi connectivity index (χ1v) is 6.05. The summed E-state index contributed by atoms with van der Waals surface area (Å²) in [7, 11) is 0. The number of aryl methyl sites for hydroxylation is 1. The highest BCUT2D eigenvalue weighted by molar-refractivity contribution is 4.83. The van der Waals surface area contributed by atoms with Crippen LogP contribution in [0, 0.1) is 0 Å². The van der Waals surface area contributed by atoms with Crippen LogP contribution in [0.2, 0.25) is 0 Å². The van der Waals surface area contributed by atoms with Crippen molar-refractivity contribution in [1.29, 1.82) is 0 Å². The monoisotopic (exact) mass is 225 g/mol. The third kappa shape index (κ3) is 3.52. The normalized spacial score (nSPS) is 13.3. The maximum atomic E-state index is 11.8. The fraction of sp³-hybridized carbons (Fsp3) is 0.750. The largest absolute Gasteiger partial charge is 0.328 e. The van der Waals surface area contributed by atoms with Gasteiger partial charge in [-0.1, -0.05) is 6.42 Å². The Bertz CT molecular complexity index is 363. The first-order valence-electron chi connectivity index (χ1n) is 6.05. The number of nitrogens with zero attached hydrogens (tertiary/aromatic N) is 2. The van der Waals surface area contributed by atoms with Crippen LogP contribution in [0.1, 0.15) is 46.1 Å². The van der Waals surface area contributed by atoms with E-state index in [1.54, 1.807) is 9.13 Å². The zero-order chi connectivity index (χ0) is 12.1. The zero-order valence-corrected chi connectivity index (χ0v) is 10.5. The Hall–Kier alpha value is -1.03. The van der Waals surface area contributed by atoms with Crippen molar-refractivity contribution in [3.8, 4) is 0 Å². The lowest BCUT2D eigenvalue weighted by atomic mass is 10.1. The molecular formula is C12H23N3O. The van der Waals surface area contributed by atoms with Gasteiger partial charge < -0.3 is 5.73 Å². The highest BCUT2D eigenvalue weighted by Gasteiger charge is 2.05. The lowest BCUT2D eigenvalue weighted by molar-refractivity contribution is 0.517.